The van der Waals surface area contributed by atoms with Gasteiger partial charge in [-0.15, -0.1) is 11.3 Å². The average molecular weight is 518 g/mol. The van der Waals surface area contributed by atoms with Crippen molar-refractivity contribution in [3.8, 4) is 16.3 Å². The van der Waals surface area contributed by atoms with Crippen LogP contribution >= 0.6 is 43.2 Å². The molecule has 0 aliphatic rings. The predicted molar refractivity (Wildman–Crippen MR) is 121 cm³/mol. The third-order valence-electron chi connectivity index (χ3n) is 4.17. The number of carbonyl (C=O) groups is 1. The summed E-state index contributed by atoms with van der Waals surface area (Å²) in [6.45, 7) is 0. The minimum atomic E-state index is -0.201. The van der Waals surface area contributed by atoms with Crippen LogP contribution in [0.25, 0.3) is 20.8 Å². The molecule has 1 N–H and O–H groups in total. The van der Waals surface area contributed by atoms with E-state index in [9.17, 15) is 4.79 Å². The van der Waals surface area contributed by atoms with E-state index in [4.69, 9.17) is 9.72 Å². The highest BCUT2D eigenvalue weighted by molar-refractivity contribution is 9.10. The number of anilines is 1. The van der Waals surface area contributed by atoms with E-state index in [1.54, 1.807) is 36.6 Å². The molecular formula is C21H14Br2N2O2S. The summed E-state index contributed by atoms with van der Waals surface area (Å²) in [4.78, 5) is 17.5. The van der Waals surface area contributed by atoms with E-state index in [0.717, 1.165) is 29.7 Å². The van der Waals surface area contributed by atoms with Crippen LogP contribution in [-0.2, 0) is 0 Å². The number of hydrogen-bond donors (Lipinski definition) is 1. The van der Waals surface area contributed by atoms with Gasteiger partial charge in [0.05, 0.1) is 27.5 Å². The van der Waals surface area contributed by atoms with Gasteiger partial charge in [-0.1, -0.05) is 28.1 Å². The molecule has 1 heterocycles. The van der Waals surface area contributed by atoms with E-state index >= 15 is 0 Å². The van der Waals surface area contributed by atoms with Gasteiger partial charge in [-0.05, 0) is 64.5 Å². The highest BCUT2D eigenvalue weighted by Crippen LogP contribution is 2.36. The van der Waals surface area contributed by atoms with Crippen LogP contribution in [0.5, 0.6) is 5.75 Å². The van der Waals surface area contributed by atoms with Gasteiger partial charge >= 0.3 is 0 Å². The standard InChI is InChI=1S/C21H14Br2N2O2S/c1-27-18-9-6-12(10-15(18)23)20(26)24-16-8-7-13(22)11-14(16)21-25-17-4-2-3-5-19(17)28-21/h2-11H,1H3,(H,24,26). The summed E-state index contributed by atoms with van der Waals surface area (Å²) < 4.78 is 7.98. The average Bonchev–Trinajstić information content (AvgIpc) is 3.13. The fraction of sp³-hybridized carbons (Fsp3) is 0.0476. The normalized spacial score (nSPS) is 10.8. The molecule has 3 aromatic carbocycles. The zero-order valence-electron chi connectivity index (χ0n) is 14.7. The second-order valence-corrected chi connectivity index (χ2v) is 8.78. The van der Waals surface area contributed by atoms with Crippen LogP contribution in [0.15, 0.2) is 69.6 Å². The highest BCUT2D eigenvalue weighted by atomic mass is 79.9. The molecule has 0 spiro atoms. The Morgan fingerprint density at radius 2 is 1.89 bits per heavy atom. The van der Waals surface area contributed by atoms with E-state index in [1.165, 1.54) is 0 Å². The number of carbonyl (C=O) groups excluding carboxylic acids is 1. The molecule has 0 saturated heterocycles. The zero-order chi connectivity index (χ0) is 19.7. The van der Waals surface area contributed by atoms with Gasteiger partial charge in [0.25, 0.3) is 5.91 Å². The number of hydrogen-bond acceptors (Lipinski definition) is 4. The molecule has 7 heteroatoms. The number of methoxy groups -OCH3 is 1. The zero-order valence-corrected chi connectivity index (χ0v) is 18.7. The van der Waals surface area contributed by atoms with Crippen molar-refractivity contribution >= 4 is 65.0 Å². The monoisotopic (exact) mass is 516 g/mol. The van der Waals surface area contributed by atoms with E-state index in [2.05, 4.69) is 37.2 Å². The van der Waals surface area contributed by atoms with Crippen LogP contribution < -0.4 is 10.1 Å². The van der Waals surface area contributed by atoms with Gasteiger partial charge in [0.15, 0.2) is 0 Å². The molecule has 0 aliphatic heterocycles. The van der Waals surface area contributed by atoms with Crippen LogP contribution in [0.1, 0.15) is 10.4 Å². The Morgan fingerprint density at radius 1 is 1.07 bits per heavy atom. The first-order valence-corrected chi connectivity index (χ1v) is 10.8. The third-order valence-corrected chi connectivity index (χ3v) is 6.35. The first-order valence-electron chi connectivity index (χ1n) is 8.35. The number of para-hydroxylation sites is 1. The summed E-state index contributed by atoms with van der Waals surface area (Å²) in [6.07, 6.45) is 0. The molecule has 4 aromatic rings. The lowest BCUT2D eigenvalue weighted by Crippen LogP contribution is -2.12. The van der Waals surface area contributed by atoms with Crippen LogP contribution in [-0.4, -0.2) is 18.0 Å². The van der Waals surface area contributed by atoms with Crippen molar-refractivity contribution in [1.82, 2.24) is 4.98 Å². The van der Waals surface area contributed by atoms with Crippen LogP contribution in [0.2, 0.25) is 0 Å². The largest absolute Gasteiger partial charge is 0.496 e. The third kappa shape index (κ3) is 3.83. The quantitative estimate of drug-likeness (QED) is 0.325. The fourth-order valence-electron chi connectivity index (χ4n) is 2.79. The Kier molecular flexibility index (Phi) is 5.48. The van der Waals surface area contributed by atoms with E-state index in [1.807, 2.05) is 42.5 Å². The lowest BCUT2D eigenvalue weighted by atomic mass is 10.1. The topological polar surface area (TPSA) is 51.2 Å². The molecule has 0 bridgehead atoms. The minimum absolute atomic E-state index is 0.201. The molecule has 4 nitrogen and oxygen atoms in total. The van der Waals surface area contributed by atoms with Gasteiger partial charge in [-0.25, -0.2) is 4.98 Å². The van der Waals surface area contributed by atoms with Crippen molar-refractivity contribution in [2.45, 2.75) is 0 Å². The summed E-state index contributed by atoms with van der Waals surface area (Å²) >= 11 is 8.54. The Morgan fingerprint density at radius 3 is 2.64 bits per heavy atom. The first-order chi connectivity index (χ1) is 13.5. The number of fused-ring (bicyclic) bond motifs is 1. The molecule has 0 saturated carbocycles. The van der Waals surface area contributed by atoms with E-state index < -0.39 is 0 Å². The highest BCUT2D eigenvalue weighted by Gasteiger charge is 2.15. The Hall–Kier alpha value is -2.22. The van der Waals surface area contributed by atoms with Gasteiger partial charge in [-0.3, -0.25) is 4.79 Å². The van der Waals surface area contributed by atoms with Crippen molar-refractivity contribution < 1.29 is 9.53 Å². The summed E-state index contributed by atoms with van der Waals surface area (Å²) in [7, 11) is 1.59. The lowest BCUT2D eigenvalue weighted by Gasteiger charge is -2.11. The number of rotatable bonds is 4. The van der Waals surface area contributed by atoms with Crippen molar-refractivity contribution in [3.63, 3.8) is 0 Å². The van der Waals surface area contributed by atoms with Gasteiger partial charge in [-0.2, -0.15) is 0 Å². The Bertz CT molecular complexity index is 1160. The van der Waals surface area contributed by atoms with Crippen molar-refractivity contribution in [2.24, 2.45) is 0 Å². The smallest absolute Gasteiger partial charge is 0.255 e. The number of thiazole rings is 1. The molecule has 4 rings (SSSR count). The van der Waals surface area contributed by atoms with Crippen LogP contribution in [0.4, 0.5) is 5.69 Å². The number of halogens is 2. The lowest BCUT2D eigenvalue weighted by molar-refractivity contribution is 0.102. The summed E-state index contributed by atoms with van der Waals surface area (Å²) in [5.41, 5.74) is 3.06. The molecule has 1 aromatic heterocycles. The molecule has 0 unspecified atom stereocenters. The fourth-order valence-corrected chi connectivity index (χ4v) is 4.69. The van der Waals surface area contributed by atoms with Gasteiger partial charge < -0.3 is 10.1 Å². The molecule has 28 heavy (non-hydrogen) atoms. The maximum Gasteiger partial charge on any atom is 0.255 e. The van der Waals surface area contributed by atoms with Crippen LogP contribution in [0, 0.1) is 0 Å². The van der Waals surface area contributed by atoms with Gasteiger partial charge in [0.2, 0.25) is 0 Å². The molecular weight excluding hydrogens is 504 g/mol. The van der Waals surface area contributed by atoms with Crippen molar-refractivity contribution in [1.29, 1.82) is 0 Å². The van der Waals surface area contributed by atoms with Gasteiger partial charge in [0, 0.05) is 15.6 Å². The molecule has 0 radical (unpaired) electrons. The molecule has 1 amide bonds. The van der Waals surface area contributed by atoms with E-state index in [-0.39, 0.29) is 5.91 Å². The minimum Gasteiger partial charge on any atom is -0.496 e. The van der Waals surface area contributed by atoms with Gasteiger partial charge in [0.1, 0.15) is 10.8 Å². The number of amides is 1. The summed E-state index contributed by atoms with van der Waals surface area (Å²) in [6, 6.07) is 19.0. The first kappa shape index (κ1) is 19.1. The maximum absolute atomic E-state index is 12.8. The number of aromatic nitrogens is 1. The number of ether oxygens (including phenoxy) is 1. The Labute approximate surface area is 182 Å². The SMILES string of the molecule is COc1ccc(C(=O)Nc2ccc(Br)cc2-c2nc3ccccc3s2)cc1Br. The summed E-state index contributed by atoms with van der Waals surface area (Å²) in [5.74, 6) is 0.475. The summed E-state index contributed by atoms with van der Waals surface area (Å²) in [5, 5.41) is 3.86. The number of benzene rings is 3. The second-order valence-electron chi connectivity index (χ2n) is 5.98. The predicted octanol–water partition coefficient (Wildman–Crippen LogP) is 6.75. The second kappa shape index (κ2) is 8.03. The van der Waals surface area contributed by atoms with E-state index in [0.29, 0.717) is 17.0 Å². The molecule has 140 valence electrons. The number of nitrogens with one attached hydrogen (secondary N) is 1. The molecule has 0 atom stereocenters. The van der Waals surface area contributed by atoms with Crippen molar-refractivity contribution in [3.05, 3.63) is 75.2 Å². The number of nitrogens with zero attached hydrogens (tertiary/aromatic N) is 1. The molecule has 0 aliphatic carbocycles. The van der Waals surface area contributed by atoms with Crippen LogP contribution in [0.3, 0.4) is 0 Å². The maximum atomic E-state index is 12.8. The Balaban J connectivity index is 1.70. The van der Waals surface area contributed by atoms with Crippen molar-refractivity contribution in [2.75, 3.05) is 12.4 Å². The molecule has 0 fully saturated rings.